The highest BCUT2D eigenvalue weighted by Crippen LogP contribution is 2.64. The summed E-state index contributed by atoms with van der Waals surface area (Å²) in [6.07, 6.45) is 4.06. The van der Waals surface area contributed by atoms with E-state index < -0.39 is 5.41 Å². The number of aromatic nitrogens is 3. The van der Waals surface area contributed by atoms with Crippen LogP contribution in [0, 0.1) is 0 Å². The maximum atomic E-state index is 6.36. The van der Waals surface area contributed by atoms with E-state index in [1.807, 2.05) is 30.3 Å². The SMILES string of the molecule is C=CC1=C(C=C)C2(c3ccccc31)c1ccccc1-c1ccc3c(c12)c1ccccc1n3-c1nc(-c2ccccc2)cc(-c2ccc3c(c2)oc2ccccc23)n1. The van der Waals surface area contributed by atoms with Crippen LogP contribution in [0.1, 0.15) is 22.3 Å². The van der Waals surface area contributed by atoms with E-state index in [1.165, 1.54) is 38.8 Å². The van der Waals surface area contributed by atoms with Crippen molar-refractivity contribution in [2.75, 3.05) is 0 Å². The first-order chi connectivity index (χ1) is 28.2. The van der Waals surface area contributed by atoms with Gasteiger partial charge >= 0.3 is 0 Å². The Kier molecular flexibility index (Phi) is 6.53. The Bertz CT molecular complexity index is 3400. The van der Waals surface area contributed by atoms with Crippen LogP contribution in [-0.2, 0) is 5.41 Å². The molecule has 0 saturated carbocycles. The van der Waals surface area contributed by atoms with Gasteiger partial charge in [-0.2, -0.15) is 0 Å². The van der Waals surface area contributed by atoms with Crippen molar-refractivity contribution >= 4 is 49.3 Å². The minimum atomic E-state index is -0.595. The smallest absolute Gasteiger partial charge is 0.235 e. The molecule has 2 aliphatic carbocycles. The van der Waals surface area contributed by atoms with E-state index in [1.54, 1.807) is 0 Å². The molecule has 7 aromatic carbocycles. The average Bonchev–Trinajstić information content (AvgIpc) is 3.99. The molecule has 0 amide bonds. The van der Waals surface area contributed by atoms with E-state index in [0.29, 0.717) is 5.95 Å². The number of nitrogens with zero attached hydrogens (tertiary/aromatic N) is 3. The van der Waals surface area contributed by atoms with Gasteiger partial charge in [-0.05, 0) is 80.9 Å². The summed E-state index contributed by atoms with van der Waals surface area (Å²) in [5.74, 6) is 0.602. The molecule has 0 bridgehead atoms. The second kappa shape index (κ2) is 11.7. The highest BCUT2D eigenvalue weighted by Gasteiger charge is 2.53. The van der Waals surface area contributed by atoms with Gasteiger partial charge in [0.25, 0.3) is 0 Å². The van der Waals surface area contributed by atoms with E-state index >= 15 is 0 Å². The third-order valence-corrected chi connectivity index (χ3v) is 12.2. The molecule has 57 heavy (non-hydrogen) atoms. The summed E-state index contributed by atoms with van der Waals surface area (Å²) in [4.78, 5) is 10.8. The molecule has 0 fully saturated rings. The molecular formula is C53H33N3O. The number of rotatable bonds is 5. The molecule has 0 N–H and O–H groups in total. The zero-order valence-corrected chi connectivity index (χ0v) is 30.9. The zero-order valence-electron chi connectivity index (χ0n) is 30.9. The van der Waals surface area contributed by atoms with Gasteiger partial charge in [-0.25, -0.2) is 9.97 Å². The Morgan fingerprint density at radius 2 is 1.18 bits per heavy atom. The van der Waals surface area contributed by atoms with Crippen molar-refractivity contribution in [1.82, 2.24) is 14.5 Å². The predicted molar refractivity (Wildman–Crippen MR) is 234 cm³/mol. The quantitative estimate of drug-likeness (QED) is 0.177. The molecule has 1 atom stereocenters. The summed E-state index contributed by atoms with van der Waals surface area (Å²) >= 11 is 0. The van der Waals surface area contributed by atoms with Crippen LogP contribution in [0.5, 0.6) is 0 Å². The highest BCUT2D eigenvalue weighted by molar-refractivity contribution is 6.16. The molecule has 266 valence electrons. The summed E-state index contributed by atoms with van der Waals surface area (Å²) in [6.45, 7) is 8.78. The molecule has 2 aliphatic rings. The lowest BCUT2D eigenvalue weighted by Gasteiger charge is -2.32. The topological polar surface area (TPSA) is 43.9 Å². The molecule has 0 aliphatic heterocycles. The van der Waals surface area contributed by atoms with Crippen molar-refractivity contribution in [3.63, 3.8) is 0 Å². The van der Waals surface area contributed by atoms with E-state index in [9.17, 15) is 0 Å². The summed E-state index contributed by atoms with van der Waals surface area (Å²) in [7, 11) is 0. The van der Waals surface area contributed by atoms with Crippen LogP contribution in [0.25, 0.3) is 88.9 Å². The number of hydrogen-bond donors (Lipinski definition) is 0. The number of benzene rings is 7. The monoisotopic (exact) mass is 727 g/mol. The number of allylic oxidation sites excluding steroid dienone is 4. The van der Waals surface area contributed by atoms with Gasteiger partial charge in [0.1, 0.15) is 11.2 Å². The zero-order chi connectivity index (χ0) is 37.8. The van der Waals surface area contributed by atoms with Crippen molar-refractivity contribution in [2.45, 2.75) is 5.41 Å². The molecule has 3 aromatic heterocycles. The highest BCUT2D eigenvalue weighted by atomic mass is 16.3. The third kappa shape index (κ3) is 4.16. The average molecular weight is 728 g/mol. The number of hydrogen-bond acceptors (Lipinski definition) is 3. The first kappa shape index (κ1) is 31.8. The van der Waals surface area contributed by atoms with Crippen molar-refractivity contribution in [3.8, 4) is 39.6 Å². The Hall–Kier alpha value is -7.56. The van der Waals surface area contributed by atoms with Crippen LogP contribution in [0.3, 0.4) is 0 Å². The molecule has 0 radical (unpaired) electrons. The lowest BCUT2D eigenvalue weighted by Crippen LogP contribution is -2.27. The summed E-state index contributed by atoms with van der Waals surface area (Å²) in [5.41, 5.74) is 16.5. The first-order valence-electron chi connectivity index (χ1n) is 19.3. The van der Waals surface area contributed by atoms with Crippen molar-refractivity contribution in [1.29, 1.82) is 0 Å². The van der Waals surface area contributed by atoms with Crippen molar-refractivity contribution in [3.05, 3.63) is 217 Å². The van der Waals surface area contributed by atoms with Gasteiger partial charge in [-0.1, -0.05) is 153 Å². The van der Waals surface area contributed by atoms with Gasteiger partial charge in [0.05, 0.1) is 27.8 Å². The van der Waals surface area contributed by atoms with Crippen LogP contribution in [0.4, 0.5) is 0 Å². The van der Waals surface area contributed by atoms with Gasteiger partial charge in [0, 0.05) is 32.7 Å². The fraction of sp³-hybridized carbons (Fsp3) is 0.0189. The van der Waals surface area contributed by atoms with Crippen LogP contribution in [0.2, 0.25) is 0 Å². The van der Waals surface area contributed by atoms with Crippen LogP contribution >= 0.6 is 0 Å². The van der Waals surface area contributed by atoms with Crippen LogP contribution in [-0.4, -0.2) is 14.5 Å². The van der Waals surface area contributed by atoms with Crippen molar-refractivity contribution < 1.29 is 4.42 Å². The molecule has 12 rings (SSSR count). The van der Waals surface area contributed by atoms with Crippen LogP contribution in [0.15, 0.2) is 199 Å². The van der Waals surface area contributed by atoms with Gasteiger partial charge in [-0.15, -0.1) is 0 Å². The standard InChI is InChI=1S/C53H33N3O/c1-3-34-35-18-8-12-22-42(35)53(41(34)4-2)43-23-13-9-19-36(43)39-28-29-47-50(51(39)53)40-21-10-14-24-46(40)56(47)52-54-44(32-16-6-5-7-17-32)31-45(55-52)33-26-27-38-37-20-11-15-25-48(37)57-49(38)30-33/h3-31H,1-2H2. The predicted octanol–water partition coefficient (Wildman–Crippen LogP) is 13.3. The molecule has 10 aromatic rings. The third-order valence-electron chi connectivity index (χ3n) is 12.2. The van der Waals surface area contributed by atoms with E-state index in [0.717, 1.165) is 72.0 Å². The van der Waals surface area contributed by atoms with Gasteiger partial charge in [0.15, 0.2) is 0 Å². The molecule has 3 heterocycles. The molecular weight excluding hydrogens is 695 g/mol. The van der Waals surface area contributed by atoms with E-state index in [2.05, 4.69) is 163 Å². The minimum absolute atomic E-state index is 0.595. The number of furan rings is 1. The van der Waals surface area contributed by atoms with Gasteiger partial charge in [0.2, 0.25) is 5.95 Å². The maximum absolute atomic E-state index is 6.36. The van der Waals surface area contributed by atoms with E-state index in [4.69, 9.17) is 14.4 Å². The summed E-state index contributed by atoms with van der Waals surface area (Å²) in [6, 6.07) is 57.9. The lowest BCUT2D eigenvalue weighted by molar-refractivity contribution is 0.669. The second-order valence-electron chi connectivity index (χ2n) is 14.9. The van der Waals surface area contributed by atoms with Crippen molar-refractivity contribution in [2.24, 2.45) is 0 Å². The molecule has 4 nitrogen and oxygen atoms in total. The summed E-state index contributed by atoms with van der Waals surface area (Å²) < 4.78 is 8.61. The molecule has 4 heteroatoms. The van der Waals surface area contributed by atoms with Gasteiger partial charge in [-0.3, -0.25) is 4.57 Å². The Balaban J connectivity index is 1.18. The molecule has 1 unspecified atom stereocenters. The number of para-hydroxylation sites is 2. The maximum Gasteiger partial charge on any atom is 0.235 e. The number of fused-ring (bicyclic) bond motifs is 14. The first-order valence-corrected chi connectivity index (χ1v) is 19.3. The Labute approximate surface area is 329 Å². The summed E-state index contributed by atoms with van der Waals surface area (Å²) in [5, 5.41) is 4.50. The second-order valence-corrected chi connectivity index (χ2v) is 14.9. The minimum Gasteiger partial charge on any atom is -0.456 e. The Morgan fingerprint density at radius 3 is 1.98 bits per heavy atom. The molecule has 0 saturated heterocycles. The van der Waals surface area contributed by atoms with Gasteiger partial charge < -0.3 is 4.42 Å². The van der Waals surface area contributed by atoms with E-state index in [-0.39, 0.29) is 0 Å². The largest absolute Gasteiger partial charge is 0.456 e. The normalized spacial score (nSPS) is 15.5. The van der Waals surface area contributed by atoms with Crippen LogP contribution < -0.4 is 0 Å². The molecule has 1 spiro atoms. The Morgan fingerprint density at radius 1 is 0.509 bits per heavy atom. The fourth-order valence-electron chi connectivity index (χ4n) is 9.97. The fourth-order valence-corrected chi connectivity index (χ4v) is 9.97. The lowest BCUT2D eigenvalue weighted by atomic mass is 9.68.